The number of nitrogens with two attached hydrogens (primary N) is 1. The molecule has 0 radical (unpaired) electrons. The molecule has 0 aromatic carbocycles. The highest BCUT2D eigenvalue weighted by Crippen LogP contribution is 2.12. The number of nitrogens with zero attached hydrogens (tertiary/aromatic N) is 2. The first-order valence-corrected chi connectivity index (χ1v) is 3.47. The molecule has 2 N–H and O–H groups in total. The largest absolute Gasteiger partial charge is 0.323 e. The Kier molecular flexibility index (Phi) is 2.72. The molecule has 1 aromatic rings. The van der Waals surface area contributed by atoms with E-state index in [-0.39, 0.29) is 6.42 Å². The molecule has 4 heteroatoms. The zero-order chi connectivity index (χ0) is 8.97. The van der Waals surface area contributed by atoms with Gasteiger partial charge in [-0.05, 0) is 11.6 Å². The number of hydrogen-bond donors (Lipinski definition) is 1. The second kappa shape index (κ2) is 3.79. The summed E-state index contributed by atoms with van der Waals surface area (Å²) in [4.78, 5) is 3.62. The smallest absolute Gasteiger partial charge is 0.141 e. The fourth-order valence-corrected chi connectivity index (χ4v) is 0.847. The molecule has 0 aliphatic rings. The van der Waals surface area contributed by atoms with Gasteiger partial charge in [0.15, 0.2) is 0 Å². The van der Waals surface area contributed by atoms with Gasteiger partial charge in [0, 0.05) is 12.2 Å². The van der Waals surface area contributed by atoms with Crippen molar-refractivity contribution in [2.24, 2.45) is 5.73 Å². The number of rotatable bonds is 2. The zero-order valence-electron chi connectivity index (χ0n) is 6.37. The fourth-order valence-electron chi connectivity index (χ4n) is 0.847. The molecule has 1 atom stereocenters. The van der Waals surface area contributed by atoms with Crippen molar-refractivity contribution in [2.75, 3.05) is 0 Å². The molecule has 1 rings (SSSR count). The molecule has 0 fully saturated rings. The van der Waals surface area contributed by atoms with Gasteiger partial charge in [-0.15, -0.1) is 0 Å². The van der Waals surface area contributed by atoms with Crippen molar-refractivity contribution in [1.29, 1.82) is 5.26 Å². The summed E-state index contributed by atoms with van der Waals surface area (Å²) >= 11 is 0. The average Bonchev–Trinajstić information content (AvgIpc) is 2.05. The van der Waals surface area contributed by atoms with Crippen LogP contribution in [0.1, 0.15) is 18.0 Å². The number of hydrogen-bond acceptors (Lipinski definition) is 3. The molecule has 0 bridgehead atoms. The van der Waals surface area contributed by atoms with Crippen molar-refractivity contribution in [3.63, 3.8) is 0 Å². The lowest BCUT2D eigenvalue weighted by Gasteiger charge is -2.05. The number of halogens is 1. The van der Waals surface area contributed by atoms with Crippen molar-refractivity contribution in [1.82, 2.24) is 4.98 Å². The maximum atomic E-state index is 12.6. The Morgan fingerprint density at radius 3 is 3.00 bits per heavy atom. The molecular formula is C8H8FN3. The van der Waals surface area contributed by atoms with Crippen molar-refractivity contribution in [3.8, 4) is 6.07 Å². The number of pyridine rings is 1. The Balaban J connectivity index is 2.82. The predicted octanol–water partition coefficient (Wildman–Crippen LogP) is 1.13. The van der Waals surface area contributed by atoms with Crippen LogP contribution in [0.25, 0.3) is 0 Å². The molecule has 0 saturated carbocycles. The molecule has 3 nitrogen and oxygen atoms in total. The maximum absolute atomic E-state index is 12.6. The van der Waals surface area contributed by atoms with E-state index in [1.807, 2.05) is 6.07 Å². The van der Waals surface area contributed by atoms with Gasteiger partial charge >= 0.3 is 0 Å². The average molecular weight is 165 g/mol. The lowest BCUT2D eigenvalue weighted by molar-refractivity contribution is 0.612. The van der Waals surface area contributed by atoms with Crippen LogP contribution in [0.3, 0.4) is 0 Å². The standard InChI is InChI=1S/C8H8FN3/c9-7-3-6(4-12-5-7)8(11)1-2-10/h3-5,8H,1,11H2/t8-/m0/s1. The molecule has 1 aromatic heterocycles. The molecule has 0 unspecified atom stereocenters. The van der Waals surface area contributed by atoms with E-state index < -0.39 is 11.9 Å². The van der Waals surface area contributed by atoms with Crippen LogP contribution < -0.4 is 5.73 Å². The lowest BCUT2D eigenvalue weighted by atomic mass is 10.1. The molecule has 0 amide bonds. The van der Waals surface area contributed by atoms with E-state index >= 15 is 0 Å². The van der Waals surface area contributed by atoms with Gasteiger partial charge in [-0.2, -0.15) is 5.26 Å². The second-order valence-electron chi connectivity index (χ2n) is 2.41. The summed E-state index contributed by atoms with van der Waals surface area (Å²) < 4.78 is 12.6. The highest BCUT2D eigenvalue weighted by atomic mass is 19.1. The van der Waals surface area contributed by atoms with Crippen molar-refractivity contribution >= 4 is 0 Å². The van der Waals surface area contributed by atoms with E-state index in [2.05, 4.69) is 4.98 Å². The van der Waals surface area contributed by atoms with Crippen LogP contribution in [0, 0.1) is 17.1 Å². The summed E-state index contributed by atoms with van der Waals surface area (Å²) in [6.45, 7) is 0. The van der Waals surface area contributed by atoms with Gasteiger partial charge in [-0.25, -0.2) is 4.39 Å². The van der Waals surface area contributed by atoms with Crippen molar-refractivity contribution < 1.29 is 4.39 Å². The van der Waals surface area contributed by atoms with E-state index in [1.54, 1.807) is 0 Å². The van der Waals surface area contributed by atoms with E-state index in [9.17, 15) is 4.39 Å². The minimum Gasteiger partial charge on any atom is -0.323 e. The normalized spacial score (nSPS) is 12.1. The maximum Gasteiger partial charge on any atom is 0.141 e. The van der Waals surface area contributed by atoms with Gasteiger partial charge in [-0.1, -0.05) is 0 Å². The monoisotopic (exact) mass is 165 g/mol. The van der Waals surface area contributed by atoms with Gasteiger partial charge in [0.1, 0.15) is 5.82 Å². The Labute approximate surface area is 69.6 Å². The van der Waals surface area contributed by atoms with E-state index in [0.717, 1.165) is 6.20 Å². The molecule has 62 valence electrons. The predicted molar refractivity (Wildman–Crippen MR) is 41.4 cm³/mol. The fraction of sp³-hybridized carbons (Fsp3) is 0.250. The minimum absolute atomic E-state index is 0.172. The third-order valence-corrected chi connectivity index (χ3v) is 1.47. The van der Waals surface area contributed by atoms with Crippen LogP contribution in [0.4, 0.5) is 4.39 Å². The number of aromatic nitrogens is 1. The van der Waals surface area contributed by atoms with Crippen LogP contribution in [0.15, 0.2) is 18.5 Å². The molecule has 0 saturated heterocycles. The lowest BCUT2D eigenvalue weighted by Crippen LogP contribution is -2.09. The molecule has 0 aliphatic carbocycles. The summed E-state index contributed by atoms with van der Waals surface area (Å²) in [5, 5.41) is 8.32. The first-order valence-electron chi connectivity index (χ1n) is 3.47. The topological polar surface area (TPSA) is 62.7 Å². The number of nitriles is 1. The van der Waals surface area contributed by atoms with Crippen LogP contribution in [0.2, 0.25) is 0 Å². The summed E-state index contributed by atoms with van der Waals surface area (Å²) in [7, 11) is 0. The Bertz CT molecular complexity index is 305. The van der Waals surface area contributed by atoms with Gasteiger partial charge in [0.25, 0.3) is 0 Å². The summed E-state index contributed by atoms with van der Waals surface area (Å²) in [6, 6.07) is 2.75. The van der Waals surface area contributed by atoms with Crippen LogP contribution in [-0.2, 0) is 0 Å². The highest BCUT2D eigenvalue weighted by Gasteiger charge is 2.05. The van der Waals surface area contributed by atoms with Gasteiger partial charge < -0.3 is 5.73 Å². The highest BCUT2D eigenvalue weighted by molar-refractivity contribution is 5.15. The molecule has 0 spiro atoms. The van der Waals surface area contributed by atoms with E-state index in [1.165, 1.54) is 12.3 Å². The third-order valence-electron chi connectivity index (χ3n) is 1.47. The van der Waals surface area contributed by atoms with Crippen molar-refractivity contribution in [2.45, 2.75) is 12.5 Å². The summed E-state index contributed by atoms with van der Waals surface area (Å²) in [6.07, 6.45) is 2.73. The first kappa shape index (κ1) is 8.62. The summed E-state index contributed by atoms with van der Waals surface area (Å²) in [5.74, 6) is -0.430. The molecule has 0 aliphatic heterocycles. The van der Waals surface area contributed by atoms with Crippen LogP contribution >= 0.6 is 0 Å². The Morgan fingerprint density at radius 2 is 2.42 bits per heavy atom. The molecule has 12 heavy (non-hydrogen) atoms. The van der Waals surface area contributed by atoms with Crippen LogP contribution in [0.5, 0.6) is 0 Å². The SMILES string of the molecule is N#CC[C@H](N)c1cncc(F)c1. The first-order chi connectivity index (χ1) is 5.74. The second-order valence-corrected chi connectivity index (χ2v) is 2.41. The van der Waals surface area contributed by atoms with Gasteiger partial charge in [-0.3, -0.25) is 4.98 Å². The minimum atomic E-state index is -0.446. The molecule has 1 heterocycles. The summed E-state index contributed by atoms with van der Waals surface area (Å²) in [5.41, 5.74) is 6.10. The van der Waals surface area contributed by atoms with Crippen molar-refractivity contribution in [3.05, 3.63) is 29.8 Å². The van der Waals surface area contributed by atoms with Gasteiger partial charge in [0.05, 0.1) is 18.7 Å². The zero-order valence-corrected chi connectivity index (χ0v) is 6.37. The quantitative estimate of drug-likeness (QED) is 0.714. The van der Waals surface area contributed by atoms with Crippen LogP contribution in [-0.4, -0.2) is 4.98 Å². The molecular weight excluding hydrogens is 157 g/mol. The van der Waals surface area contributed by atoms with E-state index in [4.69, 9.17) is 11.0 Å². The van der Waals surface area contributed by atoms with Gasteiger partial charge in [0.2, 0.25) is 0 Å². The van der Waals surface area contributed by atoms with E-state index in [0.29, 0.717) is 5.56 Å². The Morgan fingerprint density at radius 1 is 1.67 bits per heavy atom. The third kappa shape index (κ3) is 2.01. The Hall–Kier alpha value is -1.47.